The van der Waals surface area contributed by atoms with Crippen LogP contribution in [0.1, 0.15) is 18.1 Å². The number of nitrogens with one attached hydrogen (secondary N) is 1. The van der Waals surface area contributed by atoms with Crippen LogP contribution in [0.25, 0.3) is 0 Å². The number of benzene rings is 1. The van der Waals surface area contributed by atoms with Gasteiger partial charge in [0.25, 0.3) is 0 Å². The van der Waals surface area contributed by atoms with Crippen molar-refractivity contribution >= 4 is 23.2 Å². The summed E-state index contributed by atoms with van der Waals surface area (Å²) < 4.78 is 0. The summed E-state index contributed by atoms with van der Waals surface area (Å²) in [6.07, 6.45) is 0. The summed E-state index contributed by atoms with van der Waals surface area (Å²) in [7, 11) is 0. The number of alkyl halides is 1. The van der Waals surface area contributed by atoms with Gasteiger partial charge in [-0.2, -0.15) is 0 Å². The van der Waals surface area contributed by atoms with Crippen LogP contribution in [0.4, 0.5) is 5.69 Å². The van der Waals surface area contributed by atoms with E-state index >= 15 is 0 Å². The fourth-order valence-corrected chi connectivity index (χ4v) is 1.16. The van der Waals surface area contributed by atoms with Gasteiger partial charge in [0.15, 0.2) is 0 Å². The van der Waals surface area contributed by atoms with E-state index in [9.17, 15) is 4.79 Å². The molecule has 1 aromatic rings. The molecule has 2 nitrogen and oxygen atoms in total. The van der Waals surface area contributed by atoms with Crippen LogP contribution in [0.3, 0.4) is 0 Å². The van der Waals surface area contributed by atoms with Crippen LogP contribution in [-0.2, 0) is 4.79 Å². The highest BCUT2D eigenvalue weighted by atomic mass is 35.5. The summed E-state index contributed by atoms with van der Waals surface area (Å²) in [6.45, 7) is 5.59. The minimum absolute atomic E-state index is 0.166. The summed E-state index contributed by atoms with van der Waals surface area (Å²) in [5, 5.41) is 2.27. The number of halogens is 1. The maximum atomic E-state index is 11.3. The number of carbonyl (C=O) groups is 1. The van der Waals surface area contributed by atoms with Crippen molar-refractivity contribution in [3.8, 4) is 0 Å². The van der Waals surface area contributed by atoms with Gasteiger partial charge in [-0.05, 0) is 38.0 Å². The van der Waals surface area contributed by atoms with E-state index in [0.717, 1.165) is 16.8 Å². The van der Waals surface area contributed by atoms with Crippen LogP contribution in [0.15, 0.2) is 18.2 Å². The van der Waals surface area contributed by atoms with Crippen molar-refractivity contribution in [2.75, 3.05) is 5.32 Å². The standard InChI is InChI=1S/C11H14ClNO/c1-7-4-5-8(2)10(6-7)13-11(14)9(3)12/h4-6,9H,1-3H3,(H,13,14). The van der Waals surface area contributed by atoms with Crippen LogP contribution in [0.5, 0.6) is 0 Å². The van der Waals surface area contributed by atoms with Gasteiger partial charge >= 0.3 is 0 Å². The molecular weight excluding hydrogens is 198 g/mol. The van der Waals surface area contributed by atoms with E-state index in [1.165, 1.54) is 0 Å². The van der Waals surface area contributed by atoms with Gasteiger partial charge in [-0.15, -0.1) is 11.6 Å². The van der Waals surface area contributed by atoms with Gasteiger partial charge in [0.05, 0.1) is 0 Å². The molecule has 14 heavy (non-hydrogen) atoms. The monoisotopic (exact) mass is 211 g/mol. The van der Waals surface area contributed by atoms with Crippen molar-refractivity contribution in [2.24, 2.45) is 0 Å². The predicted octanol–water partition coefficient (Wildman–Crippen LogP) is 2.87. The van der Waals surface area contributed by atoms with E-state index in [4.69, 9.17) is 11.6 Å². The van der Waals surface area contributed by atoms with E-state index in [1.807, 2.05) is 32.0 Å². The first kappa shape index (κ1) is 11.1. The first-order chi connectivity index (χ1) is 6.50. The zero-order valence-corrected chi connectivity index (χ0v) is 9.35. The minimum Gasteiger partial charge on any atom is -0.325 e. The Balaban J connectivity index is 2.86. The van der Waals surface area contributed by atoms with Gasteiger partial charge in [0, 0.05) is 5.69 Å². The Kier molecular flexibility index (Phi) is 3.53. The number of hydrogen-bond donors (Lipinski definition) is 1. The second-order valence-corrected chi connectivity index (χ2v) is 4.08. The lowest BCUT2D eigenvalue weighted by atomic mass is 10.1. The van der Waals surface area contributed by atoms with Crippen molar-refractivity contribution in [3.05, 3.63) is 29.3 Å². The van der Waals surface area contributed by atoms with E-state index in [2.05, 4.69) is 5.32 Å². The maximum absolute atomic E-state index is 11.3. The van der Waals surface area contributed by atoms with Crippen LogP contribution >= 0.6 is 11.6 Å². The zero-order chi connectivity index (χ0) is 10.7. The molecule has 0 heterocycles. The van der Waals surface area contributed by atoms with Crippen molar-refractivity contribution in [1.29, 1.82) is 0 Å². The third-order valence-corrected chi connectivity index (χ3v) is 2.21. The van der Waals surface area contributed by atoms with E-state index < -0.39 is 5.38 Å². The number of aryl methyl sites for hydroxylation is 2. The molecule has 0 saturated heterocycles. The molecule has 1 aromatic carbocycles. The molecule has 76 valence electrons. The maximum Gasteiger partial charge on any atom is 0.242 e. The fourth-order valence-electron chi connectivity index (χ4n) is 1.10. The van der Waals surface area contributed by atoms with Gasteiger partial charge in [0.1, 0.15) is 5.38 Å². The minimum atomic E-state index is -0.505. The third kappa shape index (κ3) is 2.74. The Hall–Kier alpha value is -1.02. The topological polar surface area (TPSA) is 29.1 Å². The van der Waals surface area contributed by atoms with Crippen molar-refractivity contribution in [1.82, 2.24) is 0 Å². The molecule has 0 aromatic heterocycles. The molecule has 0 radical (unpaired) electrons. The molecule has 0 bridgehead atoms. The molecule has 1 amide bonds. The van der Waals surface area contributed by atoms with Gasteiger partial charge in [-0.3, -0.25) is 4.79 Å². The second-order valence-electron chi connectivity index (χ2n) is 3.42. The van der Waals surface area contributed by atoms with E-state index in [0.29, 0.717) is 0 Å². The Morgan fingerprint density at radius 2 is 2.07 bits per heavy atom. The van der Waals surface area contributed by atoms with Crippen LogP contribution in [0, 0.1) is 13.8 Å². The van der Waals surface area contributed by atoms with Gasteiger partial charge in [0.2, 0.25) is 5.91 Å². The quantitative estimate of drug-likeness (QED) is 0.749. The molecule has 1 rings (SSSR count). The summed E-state index contributed by atoms with van der Waals surface area (Å²) >= 11 is 5.66. The van der Waals surface area contributed by atoms with Crippen LogP contribution < -0.4 is 5.32 Å². The fraction of sp³-hybridized carbons (Fsp3) is 0.364. The molecule has 0 aliphatic rings. The van der Waals surface area contributed by atoms with Gasteiger partial charge < -0.3 is 5.32 Å². The Bertz CT molecular complexity index is 347. The summed E-state index contributed by atoms with van der Waals surface area (Å²) in [4.78, 5) is 11.3. The SMILES string of the molecule is Cc1ccc(C)c(NC(=O)C(C)Cl)c1. The summed E-state index contributed by atoms with van der Waals surface area (Å²) in [5.74, 6) is -0.166. The molecule has 0 saturated carbocycles. The zero-order valence-electron chi connectivity index (χ0n) is 8.60. The Morgan fingerprint density at radius 3 is 2.64 bits per heavy atom. The molecule has 1 atom stereocenters. The summed E-state index contributed by atoms with van der Waals surface area (Å²) in [6, 6.07) is 5.92. The highest BCUT2D eigenvalue weighted by Gasteiger charge is 2.10. The molecule has 0 fully saturated rings. The second kappa shape index (κ2) is 4.47. The molecule has 1 unspecified atom stereocenters. The number of rotatable bonds is 2. The largest absolute Gasteiger partial charge is 0.325 e. The first-order valence-electron chi connectivity index (χ1n) is 4.53. The third-order valence-electron chi connectivity index (χ3n) is 2.01. The van der Waals surface area contributed by atoms with Crippen molar-refractivity contribution < 1.29 is 4.79 Å². The number of amides is 1. The number of anilines is 1. The van der Waals surface area contributed by atoms with Crippen molar-refractivity contribution in [2.45, 2.75) is 26.1 Å². The molecule has 0 aliphatic carbocycles. The number of carbonyl (C=O) groups excluding carboxylic acids is 1. The first-order valence-corrected chi connectivity index (χ1v) is 4.96. The van der Waals surface area contributed by atoms with E-state index in [-0.39, 0.29) is 5.91 Å². The lowest BCUT2D eigenvalue weighted by Crippen LogP contribution is -2.20. The predicted molar refractivity (Wildman–Crippen MR) is 59.9 cm³/mol. The molecule has 0 aliphatic heterocycles. The lowest BCUT2D eigenvalue weighted by molar-refractivity contribution is -0.115. The van der Waals surface area contributed by atoms with Gasteiger partial charge in [-0.25, -0.2) is 0 Å². The highest BCUT2D eigenvalue weighted by molar-refractivity contribution is 6.32. The molecule has 1 N–H and O–H groups in total. The van der Waals surface area contributed by atoms with Gasteiger partial charge in [-0.1, -0.05) is 12.1 Å². The molecular formula is C11H14ClNO. The normalized spacial score (nSPS) is 12.3. The highest BCUT2D eigenvalue weighted by Crippen LogP contribution is 2.16. The summed E-state index contributed by atoms with van der Waals surface area (Å²) in [5.41, 5.74) is 3.00. The number of hydrogen-bond acceptors (Lipinski definition) is 1. The average Bonchev–Trinajstić information content (AvgIpc) is 2.11. The smallest absolute Gasteiger partial charge is 0.242 e. The van der Waals surface area contributed by atoms with Crippen molar-refractivity contribution in [3.63, 3.8) is 0 Å². The lowest BCUT2D eigenvalue weighted by Gasteiger charge is -2.10. The Labute approximate surface area is 89.3 Å². The molecule has 3 heteroatoms. The molecule has 0 spiro atoms. The van der Waals surface area contributed by atoms with Crippen LogP contribution in [-0.4, -0.2) is 11.3 Å². The van der Waals surface area contributed by atoms with Crippen LogP contribution in [0.2, 0.25) is 0 Å². The average molecular weight is 212 g/mol. The Morgan fingerprint density at radius 1 is 1.43 bits per heavy atom. The van der Waals surface area contributed by atoms with E-state index in [1.54, 1.807) is 6.92 Å².